The third-order valence-electron chi connectivity index (χ3n) is 3.76. The fourth-order valence-corrected chi connectivity index (χ4v) is 2.45. The average Bonchev–Trinajstić information content (AvgIpc) is 2.92. The molecule has 4 atom stereocenters. The lowest BCUT2D eigenvalue weighted by molar-refractivity contribution is -0.148. The van der Waals surface area contributed by atoms with Gasteiger partial charge in [0.05, 0.1) is 24.8 Å². The lowest BCUT2D eigenvalue weighted by Gasteiger charge is -2.14. The van der Waals surface area contributed by atoms with Crippen LogP contribution in [0.4, 0.5) is 0 Å². The van der Waals surface area contributed by atoms with Crippen LogP contribution < -0.4 is 10.6 Å². The fourth-order valence-electron chi connectivity index (χ4n) is 2.45. The predicted octanol–water partition coefficient (Wildman–Crippen LogP) is -0.667. The second-order valence-corrected chi connectivity index (χ2v) is 5.08. The number of hydrogen-bond acceptors (Lipinski definition) is 5. The van der Waals surface area contributed by atoms with Crippen molar-refractivity contribution >= 4 is 11.9 Å². The van der Waals surface area contributed by atoms with E-state index in [2.05, 4.69) is 17.2 Å². The molecule has 0 radical (unpaired) electrons. The van der Waals surface area contributed by atoms with E-state index in [-0.39, 0.29) is 24.0 Å². The SMILES string of the molecule is C=C[C@]1(C(=O)OCC)C[C@@H]1NC(=O)[C@@H]1C[C@@H](O)CN1. The smallest absolute Gasteiger partial charge is 0.318 e. The Kier molecular flexibility index (Phi) is 3.91. The van der Waals surface area contributed by atoms with Gasteiger partial charge in [-0.1, -0.05) is 6.08 Å². The molecule has 2 aliphatic rings. The maximum absolute atomic E-state index is 12.0. The number of hydrogen-bond donors (Lipinski definition) is 3. The number of carbonyl (C=O) groups excluding carboxylic acids is 2. The van der Waals surface area contributed by atoms with Crippen molar-refractivity contribution in [1.82, 2.24) is 10.6 Å². The van der Waals surface area contributed by atoms with Crippen LogP contribution in [0.3, 0.4) is 0 Å². The first-order valence-electron chi connectivity index (χ1n) is 6.56. The Hall–Kier alpha value is -1.40. The molecule has 6 heteroatoms. The molecule has 0 spiro atoms. The summed E-state index contributed by atoms with van der Waals surface area (Å²) in [5.41, 5.74) is -0.775. The van der Waals surface area contributed by atoms with Gasteiger partial charge in [-0.2, -0.15) is 0 Å². The van der Waals surface area contributed by atoms with E-state index in [1.165, 1.54) is 0 Å². The molecule has 1 heterocycles. The molecular formula is C13H20N2O4. The Labute approximate surface area is 112 Å². The minimum Gasteiger partial charge on any atom is -0.465 e. The molecule has 0 bridgehead atoms. The van der Waals surface area contributed by atoms with E-state index in [1.54, 1.807) is 13.0 Å². The van der Waals surface area contributed by atoms with Crippen LogP contribution in [-0.2, 0) is 14.3 Å². The number of nitrogens with one attached hydrogen (secondary N) is 2. The van der Waals surface area contributed by atoms with E-state index in [4.69, 9.17) is 4.74 Å². The van der Waals surface area contributed by atoms with Gasteiger partial charge in [0.2, 0.25) is 5.91 Å². The highest BCUT2D eigenvalue weighted by molar-refractivity contribution is 5.88. The summed E-state index contributed by atoms with van der Waals surface area (Å²) in [5, 5.41) is 15.1. The number of amides is 1. The number of rotatable bonds is 5. The molecule has 106 valence electrons. The summed E-state index contributed by atoms with van der Waals surface area (Å²) in [6, 6.07) is -0.642. The predicted molar refractivity (Wildman–Crippen MR) is 68.2 cm³/mol. The van der Waals surface area contributed by atoms with Gasteiger partial charge in [0.1, 0.15) is 5.41 Å². The molecule has 1 saturated carbocycles. The summed E-state index contributed by atoms with van der Waals surface area (Å²) in [4.78, 5) is 23.8. The summed E-state index contributed by atoms with van der Waals surface area (Å²) in [7, 11) is 0. The van der Waals surface area contributed by atoms with E-state index in [0.29, 0.717) is 26.0 Å². The first-order valence-corrected chi connectivity index (χ1v) is 6.56. The van der Waals surface area contributed by atoms with Gasteiger partial charge in [0.15, 0.2) is 0 Å². The molecular weight excluding hydrogens is 248 g/mol. The highest BCUT2D eigenvalue weighted by Crippen LogP contribution is 2.48. The van der Waals surface area contributed by atoms with Crippen LogP contribution in [0.5, 0.6) is 0 Å². The molecule has 0 unspecified atom stereocenters. The number of carbonyl (C=O) groups is 2. The van der Waals surface area contributed by atoms with Crippen LogP contribution in [-0.4, -0.2) is 48.3 Å². The van der Waals surface area contributed by atoms with Crippen LogP contribution in [0.1, 0.15) is 19.8 Å². The third kappa shape index (κ3) is 2.64. The molecule has 2 rings (SSSR count). The summed E-state index contributed by atoms with van der Waals surface area (Å²) in [6.07, 6.45) is 1.99. The first-order chi connectivity index (χ1) is 9.03. The van der Waals surface area contributed by atoms with Crippen molar-refractivity contribution in [2.45, 2.75) is 38.0 Å². The fraction of sp³-hybridized carbons (Fsp3) is 0.692. The van der Waals surface area contributed by atoms with Crippen molar-refractivity contribution in [1.29, 1.82) is 0 Å². The second kappa shape index (κ2) is 5.30. The minimum absolute atomic E-state index is 0.186. The van der Waals surface area contributed by atoms with E-state index >= 15 is 0 Å². The Morgan fingerprint density at radius 1 is 1.63 bits per heavy atom. The van der Waals surface area contributed by atoms with Gasteiger partial charge in [-0.3, -0.25) is 9.59 Å². The standard InChI is InChI=1S/C13H20N2O4/c1-3-13(12(18)19-4-2)6-10(13)15-11(17)9-5-8(16)7-14-9/h3,8-10,14,16H,1,4-7H2,2H3,(H,15,17)/t8-,9+,10+,13+/m1/s1. The summed E-state index contributed by atoms with van der Waals surface area (Å²) >= 11 is 0. The summed E-state index contributed by atoms with van der Waals surface area (Å²) in [6.45, 7) is 6.14. The normalized spacial score (nSPS) is 36.6. The van der Waals surface area contributed by atoms with Crippen LogP contribution in [0.15, 0.2) is 12.7 Å². The maximum atomic E-state index is 12.0. The summed E-state index contributed by atoms with van der Waals surface area (Å²) in [5.74, 6) is -0.524. The van der Waals surface area contributed by atoms with Crippen LogP contribution in [0.2, 0.25) is 0 Å². The minimum atomic E-state index is -0.775. The maximum Gasteiger partial charge on any atom is 0.318 e. The van der Waals surface area contributed by atoms with Crippen molar-refractivity contribution in [3.8, 4) is 0 Å². The van der Waals surface area contributed by atoms with Gasteiger partial charge >= 0.3 is 5.97 Å². The lowest BCUT2D eigenvalue weighted by Crippen LogP contribution is -2.43. The molecule has 0 aromatic rings. The van der Waals surface area contributed by atoms with Crippen molar-refractivity contribution in [3.05, 3.63) is 12.7 Å². The zero-order valence-corrected chi connectivity index (χ0v) is 11.0. The van der Waals surface area contributed by atoms with Crippen LogP contribution in [0.25, 0.3) is 0 Å². The first kappa shape index (κ1) is 14.0. The van der Waals surface area contributed by atoms with Gasteiger partial charge in [0.25, 0.3) is 0 Å². The molecule has 1 amide bonds. The quantitative estimate of drug-likeness (QED) is 0.455. The monoisotopic (exact) mass is 268 g/mol. The van der Waals surface area contributed by atoms with E-state index < -0.39 is 11.5 Å². The topological polar surface area (TPSA) is 87.7 Å². The lowest BCUT2D eigenvalue weighted by atomic mass is 10.1. The van der Waals surface area contributed by atoms with Crippen LogP contribution in [0, 0.1) is 5.41 Å². The number of aliphatic hydroxyl groups is 1. The molecule has 1 saturated heterocycles. The number of aliphatic hydroxyl groups excluding tert-OH is 1. The molecule has 6 nitrogen and oxygen atoms in total. The highest BCUT2D eigenvalue weighted by atomic mass is 16.5. The molecule has 19 heavy (non-hydrogen) atoms. The van der Waals surface area contributed by atoms with Gasteiger partial charge in [-0.05, 0) is 19.8 Å². The zero-order valence-electron chi connectivity index (χ0n) is 11.0. The van der Waals surface area contributed by atoms with Crippen molar-refractivity contribution in [3.63, 3.8) is 0 Å². The molecule has 2 fully saturated rings. The van der Waals surface area contributed by atoms with E-state index in [1.807, 2.05) is 0 Å². The molecule has 0 aromatic heterocycles. The van der Waals surface area contributed by atoms with Gasteiger partial charge < -0.3 is 20.5 Å². The van der Waals surface area contributed by atoms with Gasteiger partial charge in [-0.15, -0.1) is 6.58 Å². The van der Waals surface area contributed by atoms with Crippen LogP contribution >= 0.6 is 0 Å². The Morgan fingerprint density at radius 2 is 2.37 bits per heavy atom. The van der Waals surface area contributed by atoms with Gasteiger partial charge in [-0.25, -0.2) is 0 Å². The molecule has 1 aliphatic carbocycles. The number of esters is 1. The average molecular weight is 268 g/mol. The Morgan fingerprint density at radius 3 is 2.89 bits per heavy atom. The van der Waals surface area contributed by atoms with Gasteiger partial charge in [0, 0.05) is 6.54 Å². The molecule has 1 aliphatic heterocycles. The Bertz CT molecular complexity index is 398. The van der Waals surface area contributed by atoms with E-state index in [9.17, 15) is 14.7 Å². The second-order valence-electron chi connectivity index (χ2n) is 5.08. The van der Waals surface area contributed by atoms with Crippen molar-refractivity contribution < 1.29 is 19.4 Å². The van der Waals surface area contributed by atoms with E-state index in [0.717, 1.165) is 0 Å². The molecule has 0 aromatic carbocycles. The number of ether oxygens (including phenoxy) is 1. The third-order valence-corrected chi connectivity index (χ3v) is 3.76. The largest absolute Gasteiger partial charge is 0.465 e. The Balaban J connectivity index is 1.89. The molecule has 3 N–H and O–H groups in total. The number of β-amino-alcohol motifs (C(OH)–C–C–N with tert-alkyl or cyclic N) is 1. The highest BCUT2D eigenvalue weighted by Gasteiger charge is 2.60. The van der Waals surface area contributed by atoms with Crippen molar-refractivity contribution in [2.24, 2.45) is 5.41 Å². The van der Waals surface area contributed by atoms with Crippen molar-refractivity contribution in [2.75, 3.05) is 13.2 Å². The summed E-state index contributed by atoms with van der Waals surface area (Å²) < 4.78 is 5.00. The zero-order chi connectivity index (χ0) is 14.0.